The van der Waals surface area contributed by atoms with Crippen molar-refractivity contribution in [2.75, 3.05) is 40.0 Å². The van der Waals surface area contributed by atoms with Gasteiger partial charge in [-0.05, 0) is 38.0 Å². The van der Waals surface area contributed by atoms with Gasteiger partial charge in [-0.3, -0.25) is 0 Å². The number of guanidine groups is 1. The fourth-order valence-electron chi connectivity index (χ4n) is 2.13. The summed E-state index contributed by atoms with van der Waals surface area (Å²) >= 11 is 0. The molecule has 1 aromatic carbocycles. The number of ether oxygens (including phenoxy) is 3. The van der Waals surface area contributed by atoms with Gasteiger partial charge in [0, 0.05) is 26.3 Å². The Morgan fingerprint density at radius 3 is 2.56 bits per heavy atom. The fraction of sp³-hybridized carbons (Fsp3) is 0.611. The van der Waals surface area contributed by atoms with Crippen LogP contribution in [0.2, 0.25) is 0 Å². The average molecular weight is 391 g/mol. The predicted octanol–water partition coefficient (Wildman–Crippen LogP) is 3.12. The van der Waals surface area contributed by atoms with Crippen LogP contribution in [0.5, 0.6) is 11.5 Å². The second kappa shape index (κ2) is 12.3. The van der Waals surface area contributed by atoms with Crippen LogP contribution in [0.4, 0.5) is 13.2 Å². The van der Waals surface area contributed by atoms with Crippen molar-refractivity contribution < 1.29 is 27.4 Å². The Balaban J connectivity index is 2.67. The summed E-state index contributed by atoms with van der Waals surface area (Å²) in [5.74, 6) is 0.940. The molecule has 0 aliphatic carbocycles. The van der Waals surface area contributed by atoms with Crippen LogP contribution in [0.3, 0.4) is 0 Å². The van der Waals surface area contributed by atoms with Crippen LogP contribution in [0.1, 0.15) is 25.8 Å². The van der Waals surface area contributed by atoms with E-state index in [1.165, 1.54) is 13.2 Å². The first-order valence-corrected chi connectivity index (χ1v) is 8.86. The van der Waals surface area contributed by atoms with Crippen molar-refractivity contribution in [2.45, 2.75) is 33.0 Å². The Hall–Kier alpha value is -2.16. The number of aliphatic imine (C=N–C) groups is 1. The molecule has 0 amide bonds. The highest BCUT2D eigenvalue weighted by Crippen LogP contribution is 2.30. The van der Waals surface area contributed by atoms with Gasteiger partial charge >= 0.3 is 6.18 Å². The standard InChI is InChI=1S/C18H28F3N3O3/c1-4-22-17(23-9-6-10-26-5-2)24-12-14-7-8-15(16(11-14)25-3)27-13-18(19,20)21/h7-8,11H,4-6,9-10,12-13H2,1-3H3,(H2,22,23,24). The Kier molecular flexibility index (Phi) is 10.4. The summed E-state index contributed by atoms with van der Waals surface area (Å²) in [5, 5.41) is 6.34. The maximum Gasteiger partial charge on any atom is 0.422 e. The first-order valence-electron chi connectivity index (χ1n) is 8.86. The molecular formula is C18H28F3N3O3. The highest BCUT2D eigenvalue weighted by molar-refractivity contribution is 5.79. The maximum atomic E-state index is 12.3. The van der Waals surface area contributed by atoms with Gasteiger partial charge in [-0.1, -0.05) is 6.07 Å². The van der Waals surface area contributed by atoms with E-state index in [1.54, 1.807) is 12.1 Å². The minimum Gasteiger partial charge on any atom is -0.493 e. The minimum absolute atomic E-state index is 0.0449. The third-order valence-corrected chi connectivity index (χ3v) is 3.35. The number of rotatable bonds is 11. The van der Waals surface area contributed by atoms with Crippen molar-refractivity contribution in [3.05, 3.63) is 23.8 Å². The SMILES string of the molecule is CCNC(=NCc1ccc(OCC(F)(F)F)c(OC)c1)NCCCOCC. The Morgan fingerprint density at radius 1 is 1.15 bits per heavy atom. The maximum absolute atomic E-state index is 12.3. The van der Waals surface area contributed by atoms with Crippen molar-refractivity contribution in [1.82, 2.24) is 10.6 Å². The lowest BCUT2D eigenvalue weighted by molar-refractivity contribution is -0.153. The van der Waals surface area contributed by atoms with E-state index < -0.39 is 12.8 Å². The molecule has 0 spiro atoms. The molecule has 0 atom stereocenters. The summed E-state index contributed by atoms with van der Waals surface area (Å²) in [4.78, 5) is 4.47. The lowest BCUT2D eigenvalue weighted by Gasteiger charge is -2.14. The van der Waals surface area contributed by atoms with Crippen LogP contribution >= 0.6 is 0 Å². The number of alkyl halides is 3. The molecule has 0 unspecified atom stereocenters. The normalized spacial score (nSPS) is 12.0. The zero-order chi connectivity index (χ0) is 20.1. The molecule has 0 radical (unpaired) electrons. The van der Waals surface area contributed by atoms with Gasteiger partial charge in [0.05, 0.1) is 13.7 Å². The lowest BCUT2D eigenvalue weighted by atomic mass is 10.2. The van der Waals surface area contributed by atoms with Crippen LogP contribution in [0.15, 0.2) is 23.2 Å². The van der Waals surface area contributed by atoms with E-state index >= 15 is 0 Å². The van der Waals surface area contributed by atoms with E-state index in [-0.39, 0.29) is 11.5 Å². The van der Waals surface area contributed by atoms with E-state index in [0.717, 1.165) is 18.5 Å². The second-order valence-corrected chi connectivity index (χ2v) is 5.56. The molecule has 0 heterocycles. The molecule has 154 valence electrons. The molecule has 1 aromatic rings. The number of halogens is 3. The predicted molar refractivity (Wildman–Crippen MR) is 98.5 cm³/mol. The van der Waals surface area contributed by atoms with Crippen molar-refractivity contribution in [1.29, 1.82) is 0 Å². The molecule has 0 aliphatic rings. The van der Waals surface area contributed by atoms with Crippen molar-refractivity contribution >= 4 is 5.96 Å². The fourth-order valence-corrected chi connectivity index (χ4v) is 2.13. The Morgan fingerprint density at radius 2 is 1.93 bits per heavy atom. The van der Waals surface area contributed by atoms with E-state index in [4.69, 9.17) is 14.2 Å². The molecule has 0 fully saturated rings. The first-order chi connectivity index (χ1) is 12.9. The van der Waals surface area contributed by atoms with E-state index in [1.807, 2.05) is 13.8 Å². The molecule has 0 aliphatic heterocycles. The number of hydrogen-bond acceptors (Lipinski definition) is 4. The quantitative estimate of drug-likeness (QED) is 0.345. The first kappa shape index (κ1) is 22.9. The average Bonchev–Trinajstić information content (AvgIpc) is 2.63. The molecule has 0 saturated carbocycles. The summed E-state index contributed by atoms with van der Waals surface area (Å²) in [6.07, 6.45) is -3.54. The summed E-state index contributed by atoms with van der Waals surface area (Å²) in [5.41, 5.74) is 0.790. The highest BCUT2D eigenvalue weighted by atomic mass is 19.4. The molecule has 27 heavy (non-hydrogen) atoms. The van der Waals surface area contributed by atoms with E-state index in [9.17, 15) is 13.2 Å². The van der Waals surface area contributed by atoms with Crippen LogP contribution < -0.4 is 20.1 Å². The zero-order valence-electron chi connectivity index (χ0n) is 16.0. The van der Waals surface area contributed by atoms with Crippen molar-refractivity contribution in [3.63, 3.8) is 0 Å². The monoisotopic (exact) mass is 391 g/mol. The zero-order valence-corrected chi connectivity index (χ0v) is 16.0. The van der Waals surface area contributed by atoms with Crippen LogP contribution in [0, 0.1) is 0 Å². The lowest BCUT2D eigenvalue weighted by Crippen LogP contribution is -2.38. The topological polar surface area (TPSA) is 64.1 Å². The van der Waals surface area contributed by atoms with Crippen molar-refractivity contribution in [3.8, 4) is 11.5 Å². The molecule has 6 nitrogen and oxygen atoms in total. The van der Waals surface area contributed by atoms with Gasteiger partial charge in [0.2, 0.25) is 0 Å². The summed E-state index contributed by atoms with van der Waals surface area (Å²) < 4.78 is 52.1. The molecule has 0 saturated heterocycles. The van der Waals surface area contributed by atoms with E-state index in [0.29, 0.717) is 32.3 Å². The third-order valence-electron chi connectivity index (χ3n) is 3.35. The van der Waals surface area contributed by atoms with E-state index in [2.05, 4.69) is 15.6 Å². The van der Waals surface area contributed by atoms with Gasteiger partial charge in [0.25, 0.3) is 0 Å². The van der Waals surface area contributed by atoms with Crippen molar-refractivity contribution in [2.24, 2.45) is 4.99 Å². The summed E-state index contributed by atoms with van der Waals surface area (Å²) in [7, 11) is 1.38. The molecule has 0 aromatic heterocycles. The van der Waals surface area contributed by atoms with Gasteiger partial charge < -0.3 is 24.8 Å². The van der Waals surface area contributed by atoms with Crippen LogP contribution in [0.25, 0.3) is 0 Å². The number of hydrogen-bond donors (Lipinski definition) is 2. The molecule has 0 bridgehead atoms. The van der Waals surface area contributed by atoms with Crippen LogP contribution in [-0.2, 0) is 11.3 Å². The molecular weight excluding hydrogens is 363 g/mol. The number of nitrogens with zero attached hydrogens (tertiary/aromatic N) is 1. The number of nitrogens with one attached hydrogen (secondary N) is 2. The van der Waals surface area contributed by atoms with Crippen LogP contribution in [-0.4, -0.2) is 52.2 Å². The minimum atomic E-state index is -4.40. The summed E-state index contributed by atoms with van der Waals surface area (Å²) in [6.45, 7) is 5.70. The Labute approximate surface area is 158 Å². The van der Waals surface area contributed by atoms with Gasteiger partial charge in [0.1, 0.15) is 0 Å². The highest BCUT2D eigenvalue weighted by Gasteiger charge is 2.29. The molecule has 9 heteroatoms. The smallest absolute Gasteiger partial charge is 0.422 e. The third kappa shape index (κ3) is 9.93. The molecule has 2 N–H and O–H groups in total. The van der Waals surface area contributed by atoms with Gasteiger partial charge in [-0.25, -0.2) is 4.99 Å². The largest absolute Gasteiger partial charge is 0.493 e. The summed E-state index contributed by atoms with van der Waals surface area (Å²) in [6, 6.07) is 4.74. The van der Waals surface area contributed by atoms with Gasteiger partial charge in [0.15, 0.2) is 24.1 Å². The van der Waals surface area contributed by atoms with Gasteiger partial charge in [-0.2, -0.15) is 13.2 Å². The second-order valence-electron chi connectivity index (χ2n) is 5.56. The Bertz CT molecular complexity index is 581. The number of methoxy groups -OCH3 is 1. The number of benzene rings is 1. The van der Waals surface area contributed by atoms with Gasteiger partial charge in [-0.15, -0.1) is 0 Å². The molecule has 1 rings (SSSR count).